The van der Waals surface area contributed by atoms with Crippen molar-refractivity contribution in [3.05, 3.63) is 35.9 Å². The van der Waals surface area contributed by atoms with E-state index in [-0.39, 0.29) is 17.5 Å². The Morgan fingerprint density at radius 3 is 2.11 bits per heavy atom. The van der Waals surface area contributed by atoms with E-state index in [1.165, 1.54) is 0 Å². The van der Waals surface area contributed by atoms with Gasteiger partial charge in [0.2, 0.25) is 0 Å². The number of benzene rings is 1. The van der Waals surface area contributed by atoms with Crippen molar-refractivity contribution in [3.8, 4) is 0 Å². The van der Waals surface area contributed by atoms with Crippen LogP contribution in [0, 0.1) is 10.8 Å². The van der Waals surface area contributed by atoms with E-state index in [9.17, 15) is 4.79 Å². The molecule has 0 amide bonds. The van der Waals surface area contributed by atoms with Gasteiger partial charge in [-0.25, -0.2) is 0 Å². The maximum atomic E-state index is 12.5. The smallest absolute Gasteiger partial charge is 0.312 e. The molecule has 0 saturated carbocycles. The summed E-state index contributed by atoms with van der Waals surface area (Å²) in [6, 6.07) is 9.85. The van der Waals surface area contributed by atoms with Crippen molar-refractivity contribution >= 4 is 5.97 Å². The lowest BCUT2D eigenvalue weighted by Crippen LogP contribution is -2.41. The van der Waals surface area contributed by atoms with Crippen molar-refractivity contribution in [2.75, 3.05) is 0 Å². The third-order valence-corrected chi connectivity index (χ3v) is 4.37. The Kier molecular flexibility index (Phi) is 4.78. The summed E-state index contributed by atoms with van der Waals surface area (Å²) in [5.41, 5.74) is 0.453. The molecule has 0 aliphatic carbocycles. The van der Waals surface area contributed by atoms with Crippen LogP contribution in [0.3, 0.4) is 0 Å². The average molecular weight is 262 g/mol. The topological polar surface area (TPSA) is 26.3 Å². The molecular weight excluding hydrogens is 236 g/mol. The zero-order valence-electron chi connectivity index (χ0n) is 13.0. The molecule has 0 N–H and O–H groups in total. The van der Waals surface area contributed by atoms with E-state index in [0.717, 1.165) is 12.0 Å². The third kappa shape index (κ3) is 3.37. The van der Waals surface area contributed by atoms with Gasteiger partial charge >= 0.3 is 5.97 Å². The number of esters is 1. The summed E-state index contributed by atoms with van der Waals surface area (Å²) in [7, 11) is 0. The Balaban J connectivity index is 2.85. The Labute approximate surface area is 117 Å². The lowest BCUT2D eigenvalue weighted by atomic mass is 9.66. The molecule has 2 nitrogen and oxygen atoms in total. The molecule has 0 aliphatic heterocycles. The minimum atomic E-state index is -0.462. The normalized spacial score (nSPS) is 16.5. The fourth-order valence-corrected chi connectivity index (χ4v) is 2.06. The molecule has 0 radical (unpaired) electrons. The van der Waals surface area contributed by atoms with Crippen molar-refractivity contribution in [3.63, 3.8) is 0 Å². The van der Waals surface area contributed by atoms with Gasteiger partial charge in [0.25, 0.3) is 0 Å². The molecule has 1 aromatic rings. The van der Waals surface area contributed by atoms with Gasteiger partial charge in [-0.15, -0.1) is 0 Å². The predicted octanol–water partition coefficient (Wildman–Crippen LogP) is 4.75. The zero-order chi connectivity index (χ0) is 14.7. The molecule has 19 heavy (non-hydrogen) atoms. The fourth-order valence-electron chi connectivity index (χ4n) is 2.06. The minimum Gasteiger partial charge on any atom is -0.457 e. The van der Waals surface area contributed by atoms with Crippen LogP contribution in [-0.4, -0.2) is 5.97 Å². The van der Waals surface area contributed by atoms with Gasteiger partial charge in [0.1, 0.15) is 6.10 Å². The standard InChI is InChI=1S/C17H26O2/c1-7-17(6,16(3,4)5)15(18)19-13(2)14-11-9-8-10-12-14/h8-13H,7H2,1-6H3. The quantitative estimate of drug-likeness (QED) is 0.732. The van der Waals surface area contributed by atoms with E-state index >= 15 is 0 Å². The highest BCUT2D eigenvalue weighted by atomic mass is 16.5. The van der Waals surface area contributed by atoms with Crippen LogP contribution in [-0.2, 0) is 9.53 Å². The summed E-state index contributed by atoms with van der Waals surface area (Å²) in [5.74, 6) is -0.112. The number of ether oxygens (including phenoxy) is 1. The molecule has 0 heterocycles. The molecule has 2 unspecified atom stereocenters. The van der Waals surface area contributed by atoms with Crippen molar-refractivity contribution in [2.45, 2.75) is 54.1 Å². The van der Waals surface area contributed by atoms with Gasteiger partial charge in [-0.2, -0.15) is 0 Å². The van der Waals surface area contributed by atoms with Gasteiger partial charge in [0.05, 0.1) is 5.41 Å². The second kappa shape index (κ2) is 5.77. The maximum absolute atomic E-state index is 12.5. The fraction of sp³-hybridized carbons (Fsp3) is 0.588. The van der Waals surface area contributed by atoms with Gasteiger partial charge in [0, 0.05) is 0 Å². The molecule has 0 aliphatic rings. The van der Waals surface area contributed by atoms with Crippen molar-refractivity contribution < 1.29 is 9.53 Å². The molecule has 0 fully saturated rings. The molecule has 1 aromatic carbocycles. The van der Waals surface area contributed by atoms with Crippen molar-refractivity contribution in [1.29, 1.82) is 0 Å². The molecule has 2 atom stereocenters. The highest BCUT2D eigenvalue weighted by molar-refractivity contribution is 5.77. The average Bonchev–Trinajstić information content (AvgIpc) is 2.37. The second-order valence-electron chi connectivity index (χ2n) is 6.39. The highest BCUT2D eigenvalue weighted by Crippen LogP contribution is 2.43. The Morgan fingerprint density at radius 2 is 1.68 bits per heavy atom. The molecule has 106 valence electrons. The largest absolute Gasteiger partial charge is 0.457 e. The number of hydrogen-bond acceptors (Lipinski definition) is 2. The molecule has 2 heteroatoms. The first kappa shape index (κ1) is 15.7. The first-order valence-corrected chi connectivity index (χ1v) is 6.98. The summed E-state index contributed by atoms with van der Waals surface area (Å²) in [4.78, 5) is 12.5. The molecule has 0 saturated heterocycles. The summed E-state index contributed by atoms with van der Waals surface area (Å²) in [6.45, 7) is 12.2. The lowest BCUT2D eigenvalue weighted by Gasteiger charge is -2.39. The second-order valence-corrected chi connectivity index (χ2v) is 6.39. The summed E-state index contributed by atoms with van der Waals surface area (Å²) >= 11 is 0. The summed E-state index contributed by atoms with van der Waals surface area (Å²) in [6.07, 6.45) is 0.568. The van der Waals surface area contributed by atoms with E-state index in [4.69, 9.17) is 4.74 Å². The van der Waals surface area contributed by atoms with Gasteiger partial charge in [-0.05, 0) is 31.2 Å². The maximum Gasteiger partial charge on any atom is 0.312 e. The van der Waals surface area contributed by atoms with Crippen LogP contribution < -0.4 is 0 Å². The van der Waals surface area contributed by atoms with Gasteiger partial charge in [-0.3, -0.25) is 4.79 Å². The highest BCUT2D eigenvalue weighted by Gasteiger charge is 2.44. The van der Waals surface area contributed by atoms with Crippen LogP contribution in [0.5, 0.6) is 0 Å². The molecule has 0 bridgehead atoms. The Hall–Kier alpha value is -1.31. The van der Waals surface area contributed by atoms with Crippen LogP contribution >= 0.6 is 0 Å². The predicted molar refractivity (Wildman–Crippen MR) is 78.8 cm³/mol. The number of hydrogen-bond donors (Lipinski definition) is 0. The third-order valence-electron chi connectivity index (χ3n) is 4.37. The molecular formula is C17H26O2. The minimum absolute atomic E-state index is 0.112. The van der Waals surface area contributed by atoms with Crippen LogP contribution in [0.2, 0.25) is 0 Å². The number of carbonyl (C=O) groups is 1. The van der Waals surface area contributed by atoms with Crippen LogP contribution in [0.4, 0.5) is 0 Å². The Bertz CT molecular complexity index is 417. The number of carbonyl (C=O) groups excluding carboxylic acids is 1. The lowest BCUT2D eigenvalue weighted by molar-refractivity contribution is -0.167. The Morgan fingerprint density at radius 1 is 1.16 bits per heavy atom. The molecule has 0 spiro atoms. The molecule has 0 aromatic heterocycles. The van der Waals surface area contributed by atoms with Crippen molar-refractivity contribution in [2.24, 2.45) is 10.8 Å². The van der Waals surface area contributed by atoms with E-state index in [1.807, 2.05) is 51.1 Å². The monoisotopic (exact) mass is 262 g/mol. The van der Waals surface area contributed by atoms with Gasteiger partial charge < -0.3 is 4.74 Å². The number of rotatable bonds is 4. The first-order chi connectivity index (χ1) is 8.72. The first-order valence-electron chi connectivity index (χ1n) is 6.98. The van der Waals surface area contributed by atoms with Crippen LogP contribution in [0.1, 0.15) is 59.6 Å². The van der Waals surface area contributed by atoms with Crippen LogP contribution in [0.15, 0.2) is 30.3 Å². The summed E-state index contributed by atoms with van der Waals surface area (Å²) < 4.78 is 5.68. The SMILES string of the molecule is CCC(C)(C(=O)OC(C)c1ccccc1)C(C)(C)C. The van der Waals surface area contributed by atoms with E-state index < -0.39 is 5.41 Å². The van der Waals surface area contributed by atoms with E-state index in [1.54, 1.807) is 0 Å². The van der Waals surface area contributed by atoms with Crippen molar-refractivity contribution in [1.82, 2.24) is 0 Å². The van der Waals surface area contributed by atoms with E-state index in [0.29, 0.717) is 0 Å². The van der Waals surface area contributed by atoms with Gasteiger partial charge in [0.15, 0.2) is 0 Å². The summed E-state index contributed by atoms with van der Waals surface area (Å²) in [5, 5.41) is 0. The van der Waals surface area contributed by atoms with E-state index in [2.05, 4.69) is 20.8 Å². The van der Waals surface area contributed by atoms with Gasteiger partial charge in [-0.1, -0.05) is 58.0 Å². The molecule has 1 rings (SSSR count). The zero-order valence-corrected chi connectivity index (χ0v) is 13.0. The van der Waals surface area contributed by atoms with Crippen LogP contribution in [0.25, 0.3) is 0 Å².